The molecule has 0 aliphatic carbocycles. The molecule has 1 N–H and O–H groups in total. The van der Waals surface area contributed by atoms with Gasteiger partial charge in [-0.15, -0.1) is 11.3 Å². The number of nitrogens with zero attached hydrogens (tertiary/aromatic N) is 3. The number of hydrogen-bond acceptors (Lipinski definition) is 6. The lowest BCUT2D eigenvalue weighted by molar-refractivity contribution is 0.0980. The Kier molecular flexibility index (Phi) is 3.94. The van der Waals surface area contributed by atoms with Gasteiger partial charge in [-0.1, -0.05) is 11.6 Å². The summed E-state index contributed by atoms with van der Waals surface area (Å²) in [6.07, 6.45) is 1.42. The standard InChI is InChI=1S/C15H9ClN4O2S/c1-7-18-6-12(23-7)13(21)10(5-17)14-19-11-4-8(16)2-3-9(11)15(22)20-14/h2-4,6,10H,1H3,(H,19,20,22)/t10-/m0/s1. The molecule has 0 radical (unpaired) electrons. The van der Waals surface area contributed by atoms with E-state index in [-0.39, 0.29) is 5.82 Å². The molecule has 1 aromatic carbocycles. The number of carbonyl (C=O) groups excluding carboxylic acids is 1. The number of carbonyl (C=O) groups is 1. The van der Waals surface area contributed by atoms with E-state index < -0.39 is 17.3 Å². The van der Waals surface area contributed by atoms with Gasteiger partial charge in [0.2, 0.25) is 0 Å². The lowest BCUT2D eigenvalue weighted by Gasteiger charge is -2.07. The van der Waals surface area contributed by atoms with E-state index in [0.29, 0.717) is 20.8 Å². The number of aromatic amines is 1. The third-order valence-electron chi connectivity index (χ3n) is 3.22. The second-order valence-corrected chi connectivity index (χ2v) is 6.45. The molecule has 0 unspecified atom stereocenters. The molecule has 0 saturated heterocycles. The van der Waals surface area contributed by atoms with Gasteiger partial charge in [0.25, 0.3) is 5.56 Å². The van der Waals surface area contributed by atoms with E-state index in [2.05, 4.69) is 15.0 Å². The van der Waals surface area contributed by atoms with Crippen LogP contribution in [0, 0.1) is 18.3 Å². The summed E-state index contributed by atoms with van der Waals surface area (Å²) >= 11 is 7.10. The van der Waals surface area contributed by atoms with Crippen molar-refractivity contribution in [2.75, 3.05) is 0 Å². The van der Waals surface area contributed by atoms with Gasteiger partial charge in [-0.3, -0.25) is 9.59 Å². The number of Topliss-reactive ketones (excluding diaryl/α,β-unsaturated/α-hetero) is 1. The van der Waals surface area contributed by atoms with Crippen LogP contribution in [0.1, 0.15) is 26.4 Å². The first-order valence-electron chi connectivity index (χ1n) is 6.55. The van der Waals surface area contributed by atoms with Gasteiger partial charge >= 0.3 is 0 Å². The highest BCUT2D eigenvalue weighted by Gasteiger charge is 2.26. The van der Waals surface area contributed by atoms with Crippen molar-refractivity contribution in [3.8, 4) is 6.07 Å². The highest BCUT2D eigenvalue weighted by atomic mass is 35.5. The van der Waals surface area contributed by atoms with Crippen LogP contribution >= 0.6 is 22.9 Å². The highest BCUT2D eigenvalue weighted by molar-refractivity contribution is 7.13. The number of fused-ring (bicyclic) bond motifs is 1. The summed E-state index contributed by atoms with van der Waals surface area (Å²) in [6, 6.07) is 6.54. The molecule has 0 aliphatic rings. The molecule has 0 fully saturated rings. The fourth-order valence-corrected chi connectivity index (χ4v) is 3.04. The third kappa shape index (κ3) is 2.86. The van der Waals surface area contributed by atoms with Crippen LogP contribution in [-0.4, -0.2) is 20.7 Å². The minimum Gasteiger partial charge on any atom is -0.308 e. The number of rotatable bonds is 3. The van der Waals surface area contributed by atoms with E-state index in [1.54, 1.807) is 19.1 Å². The van der Waals surface area contributed by atoms with Crippen molar-refractivity contribution in [1.29, 1.82) is 5.26 Å². The Morgan fingerprint density at radius 1 is 1.48 bits per heavy atom. The smallest absolute Gasteiger partial charge is 0.258 e. The van der Waals surface area contributed by atoms with Gasteiger partial charge in [0.1, 0.15) is 5.82 Å². The van der Waals surface area contributed by atoms with Crippen LogP contribution in [-0.2, 0) is 0 Å². The third-order valence-corrected chi connectivity index (χ3v) is 4.38. The number of nitrogens with one attached hydrogen (secondary N) is 1. The van der Waals surface area contributed by atoms with E-state index in [1.807, 2.05) is 6.07 Å². The van der Waals surface area contributed by atoms with Gasteiger partial charge < -0.3 is 4.98 Å². The molecular weight excluding hydrogens is 336 g/mol. The zero-order chi connectivity index (χ0) is 16.6. The zero-order valence-electron chi connectivity index (χ0n) is 11.8. The zero-order valence-corrected chi connectivity index (χ0v) is 13.4. The fourth-order valence-electron chi connectivity index (χ4n) is 2.13. The Labute approximate surface area is 139 Å². The first kappa shape index (κ1) is 15.3. The summed E-state index contributed by atoms with van der Waals surface area (Å²) in [5.41, 5.74) is -0.0833. The first-order chi connectivity index (χ1) is 11.0. The van der Waals surface area contributed by atoms with Crippen molar-refractivity contribution >= 4 is 39.6 Å². The molecule has 3 aromatic rings. The quantitative estimate of drug-likeness (QED) is 0.736. The molecule has 2 aromatic heterocycles. The summed E-state index contributed by atoms with van der Waals surface area (Å²) < 4.78 is 0. The van der Waals surface area contributed by atoms with Crippen LogP contribution in [0.5, 0.6) is 0 Å². The van der Waals surface area contributed by atoms with Crippen LogP contribution in [0.25, 0.3) is 10.9 Å². The maximum atomic E-state index is 12.5. The minimum absolute atomic E-state index is 0.00307. The summed E-state index contributed by atoms with van der Waals surface area (Å²) in [6.45, 7) is 1.76. The topological polar surface area (TPSA) is 99.5 Å². The molecule has 0 aliphatic heterocycles. The maximum absolute atomic E-state index is 12.5. The Hall–Kier alpha value is -2.56. The molecule has 0 saturated carbocycles. The van der Waals surface area contributed by atoms with E-state index in [0.717, 1.165) is 5.01 Å². The lowest BCUT2D eigenvalue weighted by atomic mass is 10.0. The molecule has 114 valence electrons. The number of ketones is 1. The SMILES string of the molecule is Cc1ncc(C(=O)[C@H](C#N)c2nc3cc(Cl)ccc3c(=O)[nH]2)s1. The summed E-state index contributed by atoms with van der Waals surface area (Å²) in [4.78, 5) is 35.7. The van der Waals surface area contributed by atoms with Crippen LogP contribution in [0.3, 0.4) is 0 Å². The van der Waals surface area contributed by atoms with Crippen molar-refractivity contribution < 1.29 is 4.79 Å². The normalized spacial score (nSPS) is 12.0. The fraction of sp³-hybridized carbons (Fsp3) is 0.133. The summed E-state index contributed by atoms with van der Waals surface area (Å²) in [5.74, 6) is -1.64. The predicted octanol–water partition coefficient (Wildman–Crippen LogP) is 2.83. The number of hydrogen-bond donors (Lipinski definition) is 1. The molecule has 23 heavy (non-hydrogen) atoms. The number of H-pyrrole nitrogens is 1. The molecule has 0 amide bonds. The number of thiazole rings is 1. The van der Waals surface area contributed by atoms with Gasteiger partial charge in [-0.2, -0.15) is 5.26 Å². The highest BCUT2D eigenvalue weighted by Crippen LogP contribution is 2.23. The summed E-state index contributed by atoms with van der Waals surface area (Å²) in [5, 5.41) is 10.8. The molecular formula is C15H9ClN4O2S. The van der Waals surface area contributed by atoms with Crippen LogP contribution < -0.4 is 5.56 Å². The lowest BCUT2D eigenvalue weighted by Crippen LogP contribution is -2.19. The number of aromatic nitrogens is 3. The van der Waals surface area contributed by atoms with Crippen LogP contribution in [0.2, 0.25) is 5.02 Å². The summed E-state index contributed by atoms with van der Waals surface area (Å²) in [7, 11) is 0. The monoisotopic (exact) mass is 344 g/mol. The molecule has 8 heteroatoms. The van der Waals surface area contributed by atoms with Gasteiger partial charge in [-0.25, -0.2) is 9.97 Å². The number of nitriles is 1. The van der Waals surface area contributed by atoms with Gasteiger partial charge in [0.05, 0.1) is 26.9 Å². The van der Waals surface area contributed by atoms with E-state index in [9.17, 15) is 14.9 Å². The van der Waals surface area contributed by atoms with Gasteiger partial charge in [0.15, 0.2) is 11.7 Å². The Morgan fingerprint density at radius 2 is 2.26 bits per heavy atom. The second-order valence-electron chi connectivity index (χ2n) is 4.78. The number of halogens is 1. The molecule has 0 spiro atoms. The largest absolute Gasteiger partial charge is 0.308 e. The van der Waals surface area contributed by atoms with E-state index in [4.69, 9.17) is 11.6 Å². The maximum Gasteiger partial charge on any atom is 0.258 e. The van der Waals surface area contributed by atoms with Crippen molar-refractivity contribution in [2.45, 2.75) is 12.8 Å². The van der Waals surface area contributed by atoms with E-state index >= 15 is 0 Å². The van der Waals surface area contributed by atoms with Crippen molar-refractivity contribution in [3.05, 3.63) is 55.5 Å². The van der Waals surface area contributed by atoms with Gasteiger partial charge in [0, 0.05) is 11.2 Å². The average Bonchev–Trinajstić information content (AvgIpc) is 2.94. The van der Waals surface area contributed by atoms with Crippen molar-refractivity contribution in [2.24, 2.45) is 0 Å². The van der Waals surface area contributed by atoms with Crippen LogP contribution in [0.4, 0.5) is 0 Å². The number of aryl methyl sites for hydroxylation is 1. The molecule has 3 rings (SSSR count). The Morgan fingerprint density at radius 3 is 2.91 bits per heavy atom. The van der Waals surface area contributed by atoms with Crippen molar-refractivity contribution in [3.63, 3.8) is 0 Å². The first-order valence-corrected chi connectivity index (χ1v) is 7.75. The molecule has 0 bridgehead atoms. The second kappa shape index (κ2) is 5.91. The minimum atomic E-state index is -1.20. The predicted molar refractivity (Wildman–Crippen MR) is 86.9 cm³/mol. The Bertz CT molecular complexity index is 1020. The van der Waals surface area contributed by atoms with Crippen LogP contribution in [0.15, 0.2) is 29.2 Å². The van der Waals surface area contributed by atoms with E-state index in [1.165, 1.54) is 23.6 Å². The average molecular weight is 345 g/mol. The molecule has 6 nitrogen and oxygen atoms in total. The molecule has 1 atom stereocenters. The number of benzene rings is 1. The Balaban J connectivity index is 2.12. The van der Waals surface area contributed by atoms with Gasteiger partial charge in [-0.05, 0) is 25.1 Å². The molecule has 2 heterocycles. The van der Waals surface area contributed by atoms with Crippen molar-refractivity contribution in [1.82, 2.24) is 15.0 Å².